The van der Waals surface area contributed by atoms with Crippen LogP contribution in [-0.4, -0.2) is 15.0 Å². The van der Waals surface area contributed by atoms with Crippen LogP contribution in [-0.2, 0) is 6.54 Å². The number of hydrogen-bond acceptors (Lipinski definition) is 6. The van der Waals surface area contributed by atoms with Crippen LogP contribution >= 0.6 is 0 Å². The summed E-state index contributed by atoms with van der Waals surface area (Å²) in [5, 5.41) is 2.97. The van der Waals surface area contributed by atoms with E-state index < -0.39 is 0 Å². The van der Waals surface area contributed by atoms with Gasteiger partial charge in [0.05, 0.1) is 30.8 Å². The van der Waals surface area contributed by atoms with Gasteiger partial charge in [0.25, 0.3) is 0 Å². The minimum atomic E-state index is 0.456. The number of nitrogens with one attached hydrogen (secondary N) is 1. The molecule has 0 amide bonds. The molecular formula is C9H11N5O. The molecule has 0 fully saturated rings. The predicted octanol–water partition coefficient (Wildman–Crippen LogP) is 0.967. The van der Waals surface area contributed by atoms with Gasteiger partial charge in [0, 0.05) is 0 Å². The number of anilines is 2. The standard InChI is InChI=1S/C9H11N5O/c1-6-2-11-8(15-6)5-14-9-12-3-7(10)4-13-9/h2-4H,5,10H2,1H3,(H,12,13,14). The van der Waals surface area contributed by atoms with E-state index in [-0.39, 0.29) is 0 Å². The number of hydrogen-bond donors (Lipinski definition) is 2. The molecule has 0 unspecified atom stereocenters. The number of nitrogens with two attached hydrogens (primary N) is 1. The molecule has 0 aliphatic heterocycles. The summed E-state index contributed by atoms with van der Waals surface area (Å²) >= 11 is 0. The number of rotatable bonds is 3. The van der Waals surface area contributed by atoms with Crippen LogP contribution in [0.2, 0.25) is 0 Å². The van der Waals surface area contributed by atoms with Gasteiger partial charge in [-0.1, -0.05) is 0 Å². The highest BCUT2D eigenvalue weighted by Gasteiger charge is 2.01. The molecule has 2 aromatic rings. The molecule has 2 aromatic heterocycles. The Morgan fingerprint density at radius 2 is 2.00 bits per heavy atom. The van der Waals surface area contributed by atoms with Crippen molar-refractivity contribution in [1.29, 1.82) is 0 Å². The maximum Gasteiger partial charge on any atom is 0.223 e. The van der Waals surface area contributed by atoms with Crippen molar-refractivity contribution in [2.75, 3.05) is 11.1 Å². The summed E-state index contributed by atoms with van der Waals surface area (Å²) < 4.78 is 5.28. The highest BCUT2D eigenvalue weighted by atomic mass is 16.4. The van der Waals surface area contributed by atoms with Crippen molar-refractivity contribution in [2.45, 2.75) is 13.5 Å². The minimum absolute atomic E-state index is 0.456. The molecule has 6 nitrogen and oxygen atoms in total. The van der Waals surface area contributed by atoms with Crippen molar-refractivity contribution in [2.24, 2.45) is 0 Å². The first-order valence-corrected chi connectivity index (χ1v) is 4.47. The van der Waals surface area contributed by atoms with Gasteiger partial charge < -0.3 is 15.5 Å². The maximum atomic E-state index is 5.45. The van der Waals surface area contributed by atoms with Gasteiger partial charge in [0.1, 0.15) is 5.76 Å². The Labute approximate surface area is 86.6 Å². The fourth-order valence-corrected chi connectivity index (χ4v) is 1.07. The Hall–Kier alpha value is -2.11. The third-order valence-electron chi connectivity index (χ3n) is 1.74. The SMILES string of the molecule is Cc1cnc(CNc2ncc(N)cn2)o1. The molecule has 0 aliphatic carbocycles. The zero-order chi connectivity index (χ0) is 10.7. The van der Waals surface area contributed by atoms with Crippen LogP contribution in [0.15, 0.2) is 23.0 Å². The van der Waals surface area contributed by atoms with Crippen LogP contribution in [0.5, 0.6) is 0 Å². The van der Waals surface area contributed by atoms with E-state index in [0.29, 0.717) is 24.1 Å². The number of aryl methyl sites for hydroxylation is 1. The number of nitrogen functional groups attached to an aromatic ring is 1. The molecule has 0 aromatic carbocycles. The first-order chi connectivity index (χ1) is 7.24. The molecule has 0 atom stereocenters. The predicted molar refractivity (Wildman–Crippen MR) is 55.0 cm³/mol. The molecule has 0 radical (unpaired) electrons. The number of nitrogens with zero attached hydrogens (tertiary/aromatic N) is 3. The minimum Gasteiger partial charge on any atom is -0.444 e. The van der Waals surface area contributed by atoms with E-state index in [9.17, 15) is 0 Å². The first-order valence-electron chi connectivity index (χ1n) is 4.47. The molecule has 0 spiro atoms. The maximum absolute atomic E-state index is 5.45. The van der Waals surface area contributed by atoms with Crippen LogP contribution in [0.4, 0.5) is 11.6 Å². The van der Waals surface area contributed by atoms with Crippen molar-refractivity contribution in [3.8, 4) is 0 Å². The van der Waals surface area contributed by atoms with E-state index in [1.54, 1.807) is 6.20 Å². The Kier molecular flexibility index (Phi) is 2.49. The van der Waals surface area contributed by atoms with Crippen LogP contribution in [0.25, 0.3) is 0 Å². The van der Waals surface area contributed by atoms with E-state index in [1.165, 1.54) is 12.4 Å². The van der Waals surface area contributed by atoms with Gasteiger partial charge in [-0.2, -0.15) is 0 Å². The zero-order valence-corrected chi connectivity index (χ0v) is 8.27. The molecule has 2 rings (SSSR count). The van der Waals surface area contributed by atoms with Crippen LogP contribution in [0.3, 0.4) is 0 Å². The highest BCUT2D eigenvalue weighted by Crippen LogP contribution is 2.05. The molecule has 0 saturated heterocycles. The summed E-state index contributed by atoms with van der Waals surface area (Å²) in [6.45, 7) is 2.30. The summed E-state index contributed by atoms with van der Waals surface area (Å²) in [7, 11) is 0. The summed E-state index contributed by atoms with van der Waals surface area (Å²) in [5.74, 6) is 1.89. The van der Waals surface area contributed by atoms with E-state index in [2.05, 4.69) is 20.3 Å². The third-order valence-corrected chi connectivity index (χ3v) is 1.74. The van der Waals surface area contributed by atoms with Gasteiger partial charge in [0.15, 0.2) is 0 Å². The fourth-order valence-electron chi connectivity index (χ4n) is 1.07. The van der Waals surface area contributed by atoms with Gasteiger partial charge in [0.2, 0.25) is 11.8 Å². The molecule has 78 valence electrons. The second-order valence-electron chi connectivity index (χ2n) is 3.06. The van der Waals surface area contributed by atoms with E-state index in [1.807, 2.05) is 6.92 Å². The number of oxazole rings is 1. The van der Waals surface area contributed by atoms with Gasteiger partial charge in [-0.15, -0.1) is 0 Å². The Morgan fingerprint density at radius 1 is 1.27 bits per heavy atom. The van der Waals surface area contributed by atoms with E-state index >= 15 is 0 Å². The summed E-state index contributed by atoms with van der Waals surface area (Å²) in [4.78, 5) is 12.0. The Bertz CT molecular complexity index is 436. The topological polar surface area (TPSA) is 89.9 Å². The highest BCUT2D eigenvalue weighted by molar-refractivity contribution is 5.35. The van der Waals surface area contributed by atoms with Gasteiger partial charge in [-0.25, -0.2) is 15.0 Å². The summed E-state index contributed by atoms with van der Waals surface area (Å²) in [6.07, 6.45) is 4.74. The fraction of sp³-hybridized carbons (Fsp3) is 0.222. The van der Waals surface area contributed by atoms with Crippen LogP contribution in [0.1, 0.15) is 11.7 Å². The first kappa shape index (κ1) is 9.45. The molecule has 0 aliphatic rings. The molecule has 2 heterocycles. The van der Waals surface area contributed by atoms with Crippen LogP contribution < -0.4 is 11.1 Å². The lowest BCUT2D eigenvalue weighted by atomic mass is 10.5. The molecule has 0 saturated carbocycles. The lowest BCUT2D eigenvalue weighted by molar-refractivity contribution is 0.478. The molecule has 15 heavy (non-hydrogen) atoms. The van der Waals surface area contributed by atoms with Gasteiger partial charge >= 0.3 is 0 Å². The quantitative estimate of drug-likeness (QED) is 0.775. The zero-order valence-electron chi connectivity index (χ0n) is 8.27. The largest absolute Gasteiger partial charge is 0.444 e. The average Bonchev–Trinajstić information content (AvgIpc) is 2.64. The molecular weight excluding hydrogens is 194 g/mol. The molecule has 3 N–H and O–H groups in total. The van der Waals surface area contributed by atoms with Crippen molar-refractivity contribution in [3.63, 3.8) is 0 Å². The second-order valence-corrected chi connectivity index (χ2v) is 3.06. The lowest BCUT2D eigenvalue weighted by Crippen LogP contribution is -2.03. The van der Waals surface area contributed by atoms with Gasteiger partial charge in [-0.3, -0.25) is 0 Å². The van der Waals surface area contributed by atoms with Crippen LogP contribution in [0, 0.1) is 6.92 Å². The molecule has 0 bridgehead atoms. The van der Waals surface area contributed by atoms with Crippen molar-refractivity contribution >= 4 is 11.6 Å². The van der Waals surface area contributed by atoms with Crippen molar-refractivity contribution in [3.05, 3.63) is 30.2 Å². The summed E-state index contributed by atoms with van der Waals surface area (Å²) in [6, 6.07) is 0. The monoisotopic (exact) mass is 205 g/mol. The Morgan fingerprint density at radius 3 is 2.60 bits per heavy atom. The smallest absolute Gasteiger partial charge is 0.223 e. The normalized spacial score (nSPS) is 10.2. The lowest BCUT2D eigenvalue weighted by Gasteiger charge is -2.00. The second kappa shape index (κ2) is 3.95. The van der Waals surface area contributed by atoms with Crippen molar-refractivity contribution in [1.82, 2.24) is 15.0 Å². The summed E-state index contributed by atoms with van der Waals surface area (Å²) in [5.41, 5.74) is 5.99. The van der Waals surface area contributed by atoms with Gasteiger partial charge in [-0.05, 0) is 6.92 Å². The van der Waals surface area contributed by atoms with E-state index in [0.717, 1.165) is 5.76 Å². The molecule has 6 heteroatoms. The van der Waals surface area contributed by atoms with E-state index in [4.69, 9.17) is 10.2 Å². The average molecular weight is 205 g/mol. The third kappa shape index (κ3) is 2.43. The van der Waals surface area contributed by atoms with Crippen molar-refractivity contribution < 1.29 is 4.42 Å². The Balaban J connectivity index is 1.96. The number of aromatic nitrogens is 3.